The van der Waals surface area contributed by atoms with Crippen molar-refractivity contribution in [1.29, 1.82) is 0 Å². The SMILES string of the molecule is COC1=CC(CC23CCCC(C)(C)C2CC(=O)O3)C(I)(OC)C(OC)=C1C(C)C. The van der Waals surface area contributed by atoms with E-state index in [1.165, 1.54) is 0 Å². The molecule has 1 saturated heterocycles. The standard InChI is InChI=1S/C23H35IO5/c1-14(2)19-16(26-5)11-15(23(24,28-7)20(19)27-6)13-22-10-8-9-21(3,4)17(22)12-18(25)29-22/h11,14-15,17H,8-10,12-13H2,1-7H3. The van der Waals surface area contributed by atoms with Gasteiger partial charge in [-0.05, 0) is 65.7 Å². The Kier molecular flexibility index (Phi) is 6.37. The first-order chi connectivity index (χ1) is 13.5. The predicted octanol–water partition coefficient (Wildman–Crippen LogP) is 5.38. The molecule has 0 aromatic heterocycles. The number of hydrogen-bond acceptors (Lipinski definition) is 5. The van der Waals surface area contributed by atoms with E-state index in [9.17, 15) is 4.79 Å². The van der Waals surface area contributed by atoms with E-state index >= 15 is 0 Å². The Hall–Kier alpha value is -0.760. The van der Waals surface area contributed by atoms with Crippen LogP contribution in [0.25, 0.3) is 0 Å². The lowest BCUT2D eigenvalue weighted by atomic mass is 9.59. The molecule has 5 nitrogen and oxygen atoms in total. The van der Waals surface area contributed by atoms with E-state index in [0.717, 1.165) is 36.4 Å². The monoisotopic (exact) mass is 518 g/mol. The number of alkyl halides is 1. The molecule has 1 saturated carbocycles. The number of methoxy groups -OCH3 is 3. The smallest absolute Gasteiger partial charge is 0.306 e. The van der Waals surface area contributed by atoms with E-state index in [-0.39, 0.29) is 29.1 Å². The van der Waals surface area contributed by atoms with Crippen LogP contribution in [0.1, 0.15) is 59.8 Å². The third-order valence-corrected chi connectivity index (χ3v) is 8.93. The van der Waals surface area contributed by atoms with E-state index in [2.05, 4.69) is 56.4 Å². The zero-order valence-corrected chi connectivity index (χ0v) is 20.9. The molecule has 6 heteroatoms. The molecule has 4 atom stereocenters. The van der Waals surface area contributed by atoms with Gasteiger partial charge in [-0.3, -0.25) is 4.79 Å². The van der Waals surface area contributed by atoms with E-state index in [1.807, 2.05) is 0 Å². The fraction of sp³-hybridized carbons (Fsp3) is 0.783. The van der Waals surface area contributed by atoms with E-state index in [4.69, 9.17) is 18.9 Å². The highest BCUT2D eigenvalue weighted by Crippen LogP contribution is 2.58. The van der Waals surface area contributed by atoms with Gasteiger partial charge in [0, 0.05) is 24.5 Å². The summed E-state index contributed by atoms with van der Waals surface area (Å²) in [5.74, 6) is 1.96. The first-order valence-corrected chi connectivity index (χ1v) is 11.6. The zero-order chi connectivity index (χ0) is 21.6. The average Bonchev–Trinajstić information content (AvgIpc) is 3.00. The van der Waals surface area contributed by atoms with E-state index in [0.29, 0.717) is 12.8 Å². The van der Waals surface area contributed by atoms with Crippen LogP contribution in [0.5, 0.6) is 0 Å². The van der Waals surface area contributed by atoms with Crippen molar-refractivity contribution in [3.8, 4) is 0 Å². The van der Waals surface area contributed by atoms with Crippen LogP contribution < -0.4 is 0 Å². The third-order valence-electron chi connectivity index (χ3n) is 7.20. The number of esters is 1. The summed E-state index contributed by atoms with van der Waals surface area (Å²) < 4.78 is 23.2. The number of hydrogen-bond donors (Lipinski definition) is 0. The lowest BCUT2D eigenvalue weighted by Gasteiger charge is -2.50. The molecule has 0 radical (unpaired) electrons. The Morgan fingerprint density at radius 2 is 1.90 bits per heavy atom. The molecule has 3 aliphatic rings. The first kappa shape index (κ1) is 22.9. The fourth-order valence-corrected chi connectivity index (χ4v) is 6.74. The van der Waals surface area contributed by atoms with Crippen molar-refractivity contribution in [2.45, 2.75) is 69.0 Å². The Balaban J connectivity index is 2.06. The number of carbonyl (C=O) groups excluding carboxylic acids is 1. The molecule has 0 aromatic rings. The summed E-state index contributed by atoms with van der Waals surface area (Å²) in [6.45, 7) is 8.81. The molecule has 2 fully saturated rings. The molecule has 4 unspecified atom stereocenters. The van der Waals surface area contributed by atoms with Gasteiger partial charge in [0.25, 0.3) is 0 Å². The van der Waals surface area contributed by atoms with Gasteiger partial charge in [0.1, 0.15) is 17.1 Å². The van der Waals surface area contributed by atoms with Crippen LogP contribution in [0.15, 0.2) is 23.2 Å². The molecule has 0 spiro atoms. The van der Waals surface area contributed by atoms with Crippen LogP contribution in [-0.2, 0) is 23.7 Å². The lowest BCUT2D eigenvalue weighted by Crippen LogP contribution is -2.51. The summed E-state index contributed by atoms with van der Waals surface area (Å²) in [4.78, 5) is 12.4. The van der Waals surface area contributed by atoms with Gasteiger partial charge in [0.05, 0.1) is 20.6 Å². The zero-order valence-electron chi connectivity index (χ0n) is 18.8. The Morgan fingerprint density at radius 1 is 1.21 bits per heavy atom. The summed E-state index contributed by atoms with van der Waals surface area (Å²) in [6, 6.07) is 0. The normalized spacial score (nSPS) is 36.6. The molecule has 29 heavy (non-hydrogen) atoms. The van der Waals surface area contributed by atoms with Gasteiger partial charge in [0.15, 0.2) is 3.61 Å². The summed E-state index contributed by atoms with van der Waals surface area (Å²) >= 11 is 2.37. The van der Waals surface area contributed by atoms with Gasteiger partial charge in [-0.1, -0.05) is 27.7 Å². The molecule has 3 rings (SSSR count). The molecule has 1 aliphatic heterocycles. The van der Waals surface area contributed by atoms with Gasteiger partial charge < -0.3 is 18.9 Å². The van der Waals surface area contributed by atoms with Gasteiger partial charge in [-0.2, -0.15) is 0 Å². The minimum absolute atomic E-state index is 0.0391. The Bertz CT molecular complexity index is 725. The maximum atomic E-state index is 12.4. The lowest BCUT2D eigenvalue weighted by molar-refractivity contribution is -0.158. The molecule has 1 heterocycles. The summed E-state index contributed by atoms with van der Waals surface area (Å²) in [5, 5.41) is 0. The number of fused-ring (bicyclic) bond motifs is 1. The molecule has 0 aromatic carbocycles. The number of ether oxygens (including phenoxy) is 4. The molecule has 0 N–H and O–H groups in total. The van der Waals surface area contributed by atoms with Crippen LogP contribution in [0.3, 0.4) is 0 Å². The Labute approximate surface area is 188 Å². The van der Waals surface area contributed by atoms with Crippen LogP contribution in [0.2, 0.25) is 0 Å². The van der Waals surface area contributed by atoms with Crippen molar-refractivity contribution < 1.29 is 23.7 Å². The average molecular weight is 518 g/mol. The molecular weight excluding hydrogens is 483 g/mol. The highest BCUT2D eigenvalue weighted by atomic mass is 127. The Morgan fingerprint density at radius 3 is 2.45 bits per heavy atom. The second kappa shape index (κ2) is 8.06. The number of carbonyl (C=O) groups is 1. The molecule has 0 amide bonds. The van der Waals surface area contributed by atoms with Gasteiger partial charge in [-0.25, -0.2) is 0 Å². The molecule has 0 bridgehead atoms. The summed E-state index contributed by atoms with van der Waals surface area (Å²) in [7, 11) is 5.12. The van der Waals surface area contributed by atoms with Crippen molar-refractivity contribution >= 4 is 28.6 Å². The quantitative estimate of drug-likeness (QED) is 0.269. The topological polar surface area (TPSA) is 54.0 Å². The molecular formula is C23H35IO5. The summed E-state index contributed by atoms with van der Waals surface area (Å²) in [6.07, 6.45) is 6.46. The first-order valence-electron chi connectivity index (χ1n) is 10.6. The van der Waals surface area contributed by atoms with Crippen molar-refractivity contribution in [3.63, 3.8) is 0 Å². The fourth-order valence-electron chi connectivity index (χ4n) is 5.83. The largest absolute Gasteiger partial charge is 0.497 e. The van der Waals surface area contributed by atoms with Gasteiger partial charge in [0.2, 0.25) is 0 Å². The van der Waals surface area contributed by atoms with Crippen molar-refractivity contribution in [2.75, 3.05) is 21.3 Å². The molecule has 2 aliphatic carbocycles. The van der Waals surface area contributed by atoms with Crippen molar-refractivity contribution in [3.05, 3.63) is 23.2 Å². The maximum absolute atomic E-state index is 12.4. The minimum atomic E-state index is -0.677. The number of halogens is 1. The van der Waals surface area contributed by atoms with E-state index < -0.39 is 9.21 Å². The second-order valence-electron chi connectivity index (χ2n) is 9.63. The van der Waals surface area contributed by atoms with E-state index in [1.54, 1.807) is 21.3 Å². The van der Waals surface area contributed by atoms with Gasteiger partial charge >= 0.3 is 5.97 Å². The number of rotatable bonds is 6. The predicted molar refractivity (Wildman–Crippen MR) is 120 cm³/mol. The van der Waals surface area contributed by atoms with Gasteiger partial charge in [-0.15, -0.1) is 0 Å². The summed E-state index contributed by atoms with van der Waals surface area (Å²) in [5.41, 5.74) is 0.655. The van der Waals surface area contributed by atoms with Crippen molar-refractivity contribution in [2.24, 2.45) is 23.2 Å². The van der Waals surface area contributed by atoms with Crippen LogP contribution in [-0.4, -0.2) is 36.5 Å². The minimum Gasteiger partial charge on any atom is -0.497 e. The highest BCUT2D eigenvalue weighted by molar-refractivity contribution is 14.1. The molecule has 164 valence electrons. The number of allylic oxidation sites excluding steroid dienone is 1. The van der Waals surface area contributed by atoms with Crippen molar-refractivity contribution in [1.82, 2.24) is 0 Å². The third kappa shape index (κ3) is 3.73. The maximum Gasteiger partial charge on any atom is 0.306 e. The van der Waals surface area contributed by atoms with Crippen LogP contribution in [0, 0.1) is 23.2 Å². The highest BCUT2D eigenvalue weighted by Gasteiger charge is 2.60. The van der Waals surface area contributed by atoms with Crippen LogP contribution >= 0.6 is 22.6 Å². The van der Waals surface area contributed by atoms with Crippen LogP contribution in [0.4, 0.5) is 0 Å². The second-order valence-corrected chi connectivity index (χ2v) is 11.2.